The molecule has 0 saturated carbocycles. The molecule has 0 aliphatic heterocycles. The van der Waals surface area contributed by atoms with E-state index in [1.54, 1.807) is 0 Å². The van der Waals surface area contributed by atoms with E-state index < -0.39 is 0 Å². The van der Waals surface area contributed by atoms with Crippen LogP contribution in [0.15, 0.2) is 28.7 Å². The smallest absolute Gasteiger partial charge is 0.0254 e. The van der Waals surface area contributed by atoms with E-state index in [1.807, 2.05) is 0 Å². The molecule has 0 aliphatic carbocycles. The van der Waals surface area contributed by atoms with Gasteiger partial charge in [0.25, 0.3) is 0 Å². The second-order valence-electron chi connectivity index (χ2n) is 3.96. The van der Waals surface area contributed by atoms with Crippen LogP contribution >= 0.6 is 27.5 Å². The number of hydrogen-bond donors (Lipinski definition) is 0. The summed E-state index contributed by atoms with van der Waals surface area (Å²) in [6.07, 6.45) is 4.86. The predicted molar refractivity (Wildman–Crippen MR) is 71.6 cm³/mol. The second kappa shape index (κ2) is 7.29. The van der Waals surface area contributed by atoms with Crippen LogP contribution in [0.2, 0.25) is 0 Å². The Labute approximate surface area is 106 Å². The van der Waals surface area contributed by atoms with Crippen molar-refractivity contribution in [1.29, 1.82) is 0 Å². The summed E-state index contributed by atoms with van der Waals surface area (Å²) in [5.41, 5.74) is 1.37. The highest BCUT2D eigenvalue weighted by Gasteiger charge is 2.09. The fourth-order valence-electron chi connectivity index (χ4n) is 1.70. The molecule has 0 bridgehead atoms. The molecule has 0 spiro atoms. The maximum absolute atomic E-state index is 5.99. The molecular weight excluding hydrogens is 272 g/mol. The van der Waals surface area contributed by atoms with Crippen molar-refractivity contribution in [3.05, 3.63) is 34.3 Å². The topological polar surface area (TPSA) is 0 Å². The van der Waals surface area contributed by atoms with Gasteiger partial charge in [-0.2, -0.15) is 0 Å². The van der Waals surface area contributed by atoms with E-state index in [4.69, 9.17) is 11.6 Å². The Morgan fingerprint density at radius 3 is 2.67 bits per heavy atom. The summed E-state index contributed by atoms with van der Waals surface area (Å²) in [4.78, 5) is 0. The Balaban J connectivity index is 2.54. The highest BCUT2D eigenvalue weighted by Crippen LogP contribution is 2.22. The van der Waals surface area contributed by atoms with Crippen molar-refractivity contribution in [2.24, 2.45) is 5.92 Å². The van der Waals surface area contributed by atoms with Gasteiger partial charge in [-0.1, -0.05) is 53.9 Å². The van der Waals surface area contributed by atoms with Crippen LogP contribution in [-0.2, 0) is 6.42 Å². The Bertz CT molecular complexity index is 286. The van der Waals surface area contributed by atoms with Crippen LogP contribution in [0.25, 0.3) is 0 Å². The monoisotopic (exact) mass is 288 g/mol. The molecule has 0 N–H and O–H groups in total. The fraction of sp³-hybridized carbons (Fsp3) is 0.538. The lowest BCUT2D eigenvalue weighted by Crippen LogP contribution is -2.06. The Hall–Kier alpha value is -0.0100. The summed E-state index contributed by atoms with van der Waals surface area (Å²) < 4.78 is 1.21. The lowest BCUT2D eigenvalue weighted by atomic mass is 9.96. The largest absolute Gasteiger partial charge is 0.126 e. The molecule has 1 aromatic rings. The van der Waals surface area contributed by atoms with E-state index in [-0.39, 0.29) is 0 Å². The third-order valence-corrected chi connectivity index (χ3v) is 3.86. The molecule has 0 amide bonds. The van der Waals surface area contributed by atoms with Gasteiger partial charge in [0.1, 0.15) is 0 Å². The van der Waals surface area contributed by atoms with Gasteiger partial charge in [0.05, 0.1) is 0 Å². The van der Waals surface area contributed by atoms with Gasteiger partial charge in [-0.15, -0.1) is 11.6 Å². The molecule has 0 radical (unpaired) electrons. The minimum absolute atomic E-state index is 0.616. The van der Waals surface area contributed by atoms with Gasteiger partial charge in [0, 0.05) is 10.4 Å². The maximum atomic E-state index is 5.99. The molecular formula is C13H18BrCl. The molecule has 0 saturated heterocycles. The zero-order valence-corrected chi connectivity index (χ0v) is 11.5. The van der Waals surface area contributed by atoms with E-state index in [0.717, 1.165) is 12.3 Å². The molecule has 84 valence electrons. The molecule has 0 aliphatic rings. The van der Waals surface area contributed by atoms with Crippen LogP contribution in [-0.4, -0.2) is 5.88 Å². The van der Waals surface area contributed by atoms with Gasteiger partial charge < -0.3 is 0 Å². The highest BCUT2D eigenvalue weighted by molar-refractivity contribution is 9.10. The summed E-state index contributed by atoms with van der Waals surface area (Å²) in [5.74, 6) is 1.38. The number of hydrogen-bond acceptors (Lipinski definition) is 0. The molecule has 1 rings (SSSR count). The van der Waals surface area contributed by atoms with Gasteiger partial charge >= 0.3 is 0 Å². The number of unbranched alkanes of at least 4 members (excludes halogenated alkanes) is 1. The maximum Gasteiger partial charge on any atom is 0.0254 e. The van der Waals surface area contributed by atoms with Crippen molar-refractivity contribution >= 4 is 27.5 Å². The van der Waals surface area contributed by atoms with Gasteiger partial charge in [-0.25, -0.2) is 0 Å². The fourth-order valence-corrected chi connectivity index (χ4v) is 2.41. The molecule has 2 heteroatoms. The van der Waals surface area contributed by atoms with Gasteiger partial charge in [-0.05, 0) is 30.4 Å². The summed E-state index contributed by atoms with van der Waals surface area (Å²) in [7, 11) is 0. The molecule has 1 aromatic carbocycles. The Morgan fingerprint density at radius 1 is 1.33 bits per heavy atom. The molecule has 0 aromatic heterocycles. The first kappa shape index (κ1) is 13.1. The van der Waals surface area contributed by atoms with Crippen molar-refractivity contribution in [3.63, 3.8) is 0 Å². The van der Waals surface area contributed by atoms with E-state index in [9.17, 15) is 0 Å². The van der Waals surface area contributed by atoms with Gasteiger partial charge in [-0.3, -0.25) is 0 Å². The van der Waals surface area contributed by atoms with Crippen LogP contribution in [0.3, 0.4) is 0 Å². The normalized spacial score (nSPS) is 12.7. The lowest BCUT2D eigenvalue weighted by molar-refractivity contribution is 0.508. The van der Waals surface area contributed by atoms with Gasteiger partial charge in [0.15, 0.2) is 0 Å². The summed E-state index contributed by atoms with van der Waals surface area (Å²) in [6, 6.07) is 8.41. The minimum atomic E-state index is 0.616. The van der Waals surface area contributed by atoms with Crippen molar-refractivity contribution in [3.8, 4) is 0 Å². The number of rotatable bonds is 6. The second-order valence-corrected chi connectivity index (χ2v) is 5.12. The zero-order chi connectivity index (χ0) is 11.1. The number of benzene rings is 1. The average molecular weight is 290 g/mol. The van der Waals surface area contributed by atoms with E-state index >= 15 is 0 Å². The number of alkyl halides is 1. The van der Waals surface area contributed by atoms with Crippen LogP contribution in [0.1, 0.15) is 31.7 Å². The quantitative estimate of drug-likeness (QED) is 0.644. The van der Waals surface area contributed by atoms with Crippen molar-refractivity contribution < 1.29 is 0 Å². The van der Waals surface area contributed by atoms with Crippen LogP contribution < -0.4 is 0 Å². The Kier molecular flexibility index (Phi) is 6.35. The Morgan fingerprint density at radius 2 is 2.07 bits per heavy atom. The molecule has 1 unspecified atom stereocenters. The van der Waals surface area contributed by atoms with Crippen molar-refractivity contribution in [2.45, 2.75) is 32.6 Å². The first-order chi connectivity index (χ1) is 7.27. The SMILES string of the molecule is CCCCC(CCl)Cc1ccccc1Br. The van der Waals surface area contributed by atoms with Gasteiger partial charge in [0.2, 0.25) is 0 Å². The lowest BCUT2D eigenvalue weighted by Gasteiger charge is -2.14. The minimum Gasteiger partial charge on any atom is -0.126 e. The summed E-state index contributed by atoms with van der Waals surface area (Å²) in [6.45, 7) is 2.23. The third kappa shape index (κ3) is 4.56. The van der Waals surface area contributed by atoms with E-state index in [2.05, 4.69) is 47.1 Å². The first-order valence-corrected chi connectivity index (χ1v) is 6.90. The average Bonchev–Trinajstić information content (AvgIpc) is 2.26. The van der Waals surface area contributed by atoms with Crippen molar-refractivity contribution in [1.82, 2.24) is 0 Å². The zero-order valence-electron chi connectivity index (χ0n) is 9.18. The van der Waals surface area contributed by atoms with Crippen molar-refractivity contribution in [2.75, 3.05) is 5.88 Å². The molecule has 0 nitrogen and oxygen atoms in total. The number of halogens is 2. The van der Waals surface area contributed by atoms with Crippen LogP contribution in [0.5, 0.6) is 0 Å². The van der Waals surface area contributed by atoms with E-state index in [0.29, 0.717) is 5.92 Å². The summed E-state index contributed by atoms with van der Waals surface area (Å²) >= 11 is 9.57. The predicted octanol–water partition coefficient (Wildman–Crippen LogP) is 5.04. The highest BCUT2D eigenvalue weighted by atomic mass is 79.9. The third-order valence-electron chi connectivity index (χ3n) is 2.65. The van der Waals surface area contributed by atoms with E-state index in [1.165, 1.54) is 29.3 Å². The molecule has 15 heavy (non-hydrogen) atoms. The molecule has 0 fully saturated rings. The first-order valence-electron chi connectivity index (χ1n) is 5.57. The summed E-state index contributed by atoms with van der Waals surface area (Å²) in [5, 5.41) is 0. The van der Waals surface area contributed by atoms with Crippen LogP contribution in [0.4, 0.5) is 0 Å². The molecule has 1 atom stereocenters. The standard InChI is InChI=1S/C13H18BrCl/c1-2-3-6-11(10-15)9-12-7-4-5-8-13(12)14/h4-5,7-8,11H,2-3,6,9-10H2,1H3. The molecule has 0 heterocycles. The van der Waals surface area contributed by atoms with Crippen LogP contribution in [0, 0.1) is 5.92 Å².